The third-order valence-corrected chi connectivity index (χ3v) is 5.51. The van der Waals surface area contributed by atoms with E-state index in [0.29, 0.717) is 22.0 Å². The van der Waals surface area contributed by atoms with E-state index in [2.05, 4.69) is 11.1 Å². The van der Waals surface area contributed by atoms with Gasteiger partial charge in [0.1, 0.15) is 6.07 Å². The molecule has 0 bridgehead atoms. The number of benzene rings is 2. The van der Waals surface area contributed by atoms with E-state index in [1.807, 2.05) is 30.3 Å². The summed E-state index contributed by atoms with van der Waals surface area (Å²) >= 11 is 0. The lowest BCUT2D eigenvalue weighted by atomic mass is 9.82. The summed E-state index contributed by atoms with van der Waals surface area (Å²) in [5.41, 5.74) is 2.21. The molecule has 0 radical (unpaired) electrons. The SMILES string of the molecule is N#Cc1c(C2CCCCC2)nc2ccc(C(F)(F)F)cc2c1-c1ccccc1. The summed E-state index contributed by atoms with van der Waals surface area (Å²) in [6, 6.07) is 15.1. The van der Waals surface area contributed by atoms with Crippen molar-refractivity contribution in [2.24, 2.45) is 0 Å². The van der Waals surface area contributed by atoms with Gasteiger partial charge in [-0.05, 0) is 36.6 Å². The molecule has 5 heteroatoms. The Morgan fingerprint density at radius 2 is 1.68 bits per heavy atom. The van der Waals surface area contributed by atoms with E-state index in [9.17, 15) is 18.4 Å². The second-order valence-corrected chi connectivity index (χ2v) is 7.29. The summed E-state index contributed by atoms with van der Waals surface area (Å²) in [5, 5.41) is 10.3. The van der Waals surface area contributed by atoms with Crippen molar-refractivity contribution >= 4 is 10.9 Å². The van der Waals surface area contributed by atoms with Crippen LogP contribution in [0.4, 0.5) is 13.2 Å². The number of hydrogen-bond acceptors (Lipinski definition) is 2. The van der Waals surface area contributed by atoms with Crippen molar-refractivity contribution in [2.75, 3.05) is 0 Å². The molecule has 0 N–H and O–H groups in total. The molecule has 0 atom stereocenters. The Kier molecular flexibility index (Phi) is 4.80. The minimum absolute atomic E-state index is 0.178. The zero-order chi connectivity index (χ0) is 19.7. The van der Waals surface area contributed by atoms with Crippen LogP contribution in [0.15, 0.2) is 48.5 Å². The van der Waals surface area contributed by atoms with Gasteiger partial charge in [0, 0.05) is 16.9 Å². The number of alkyl halides is 3. The van der Waals surface area contributed by atoms with Crippen LogP contribution in [0.1, 0.15) is 54.8 Å². The minimum Gasteiger partial charge on any atom is -0.251 e. The van der Waals surface area contributed by atoms with Gasteiger partial charge in [-0.25, -0.2) is 0 Å². The van der Waals surface area contributed by atoms with Gasteiger partial charge >= 0.3 is 6.18 Å². The zero-order valence-corrected chi connectivity index (χ0v) is 15.3. The zero-order valence-electron chi connectivity index (χ0n) is 15.3. The molecular formula is C23H19F3N2. The van der Waals surface area contributed by atoms with E-state index in [1.165, 1.54) is 12.5 Å². The number of aromatic nitrogens is 1. The monoisotopic (exact) mass is 380 g/mol. The quantitative estimate of drug-likeness (QED) is 0.488. The van der Waals surface area contributed by atoms with Gasteiger partial charge in [-0.3, -0.25) is 4.98 Å². The summed E-state index contributed by atoms with van der Waals surface area (Å²) in [4.78, 5) is 4.69. The average molecular weight is 380 g/mol. The van der Waals surface area contributed by atoms with Crippen LogP contribution in [0.5, 0.6) is 0 Å². The highest BCUT2D eigenvalue weighted by molar-refractivity contribution is 5.98. The predicted octanol–water partition coefficient (Wildman–Crippen LogP) is 6.84. The Hall–Kier alpha value is -2.87. The van der Waals surface area contributed by atoms with Crippen LogP contribution in [0.25, 0.3) is 22.0 Å². The van der Waals surface area contributed by atoms with Crippen LogP contribution in [0, 0.1) is 11.3 Å². The van der Waals surface area contributed by atoms with Gasteiger partial charge in [0.25, 0.3) is 0 Å². The highest BCUT2D eigenvalue weighted by Crippen LogP contribution is 2.41. The van der Waals surface area contributed by atoms with Gasteiger partial charge in [0.05, 0.1) is 22.3 Å². The molecule has 1 aliphatic rings. The van der Waals surface area contributed by atoms with Crippen molar-refractivity contribution in [2.45, 2.75) is 44.2 Å². The molecule has 0 unspecified atom stereocenters. The number of fused-ring (bicyclic) bond motifs is 1. The fraction of sp³-hybridized carbons (Fsp3) is 0.304. The molecule has 1 aliphatic carbocycles. The van der Waals surface area contributed by atoms with Crippen molar-refractivity contribution in [1.29, 1.82) is 5.26 Å². The van der Waals surface area contributed by atoms with Crippen LogP contribution in [-0.4, -0.2) is 4.98 Å². The summed E-state index contributed by atoms with van der Waals surface area (Å²) in [6.45, 7) is 0. The topological polar surface area (TPSA) is 36.7 Å². The molecule has 2 nitrogen and oxygen atoms in total. The highest BCUT2D eigenvalue weighted by Gasteiger charge is 2.32. The number of halogens is 3. The van der Waals surface area contributed by atoms with Crippen molar-refractivity contribution in [1.82, 2.24) is 4.98 Å². The lowest BCUT2D eigenvalue weighted by Crippen LogP contribution is -2.11. The number of hydrogen-bond donors (Lipinski definition) is 0. The van der Waals surface area contributed by atoms with Crippen molar-refractivity contribution in [3.8, 4) is 17.2 Å². The number of pyridine rings is 1. The standard InChI is InChI=1S/C23H19F3N2/c24-23(25,26)17-11-12-20-18(13-17)21(15-7-3-1-4-8-15)19(14-27)22(28-20)16-9-5-2-6-10-16/h1,3-4,7-8,11-13,16H,2,5-6,9-10H2. The van der Waals surface area contributed by atoms with E-state index in [0.717, 1.165) is 49.1 Å². The number of rotatable bonds is 2. The molecule has 2 aromatic carbocycles. The fourth-order valence-corrected chi connectivity index (χ4v) is 4.15. The lowest BCUT2D eigenvalue weighted by Gasteiger charge is -2.24. The molecule has 0 aliphatic heterocycles. The smallest absolute Gasteiger partial charge is 0.251 e. The summed E-state index contributed by atoms with van der Waals surface area (Å²) in [7, 11) is 0. The maximum absolute atomic E-state index is 13.3. The first-order valence-corrected chi connectivity index (χ1v) is 9.49. The summed E-state index contributed by atoms with van der Waals surface area (Å²) in [5.74, 6) is 0.178. The second-order valence-electron chi connectivity index (χ2n) is 7.29. The van der Waals surface area contributed by atoms with Gasteiger partial charge in [0.2, 0.25) is 0 Å². The first kappa shape index (κ1) is 18.5. The van der Waals surface area contributed by atoms with Crippen LogP contribution in [-0.2, 0) is 6.18 Å². The first-order valence-electron chi connectivity index (χ1n) is 9.49. The molecule has 0 spiro atoms. The van der Waals surface area contributed by atoms with Crippen molar-refractivity contribution < 1.29 is 13.2 Å². The number of nitriles is 1. The maximum atomic E-state index is 13.3. The third kappa shape index (κ3) is 3.35. The van der Waals surface area contributed by atoms with Gasteiger partial charge < -0.3 is 0 Å². The highest BCUT2D eigenvalue weighted by atomic mass is 19.4. The maximum Gasteiger partial charge on any atom is 0.416 e. The molecule has 4 rings (SSSR count). The predicted molar refractivity (Wildman–Crippen MR) is 103 cm³/mol. The summed E-state index contributed by atoms with van der Waals surface area (Å²) in [6.07, 6.45) is 0.819. The van der Waals surface area contributed by atoms with E-state index in [4.69, 9.17) is 0 Å². The van der Waals surface area contributed by atoms with E-state index in [-0.39, 0.29) is 5.92 Å². The molecule has 142 valence electrons. The van der Waals surface area contributed by atoms with Gasteiger partial charge in [-0.1, -0.05) is 49.6 Å². The Morgan fingerprint density at radius 3 is 2.32 bits per heavy atom. The van der Waals surface area contributed by atoms with Crippen molar-refractivity contribution in [3.05, 3.63) is 65.4 Å². The van der Waals surface area contributed by atoms with Gasteiger partial charge in [-0.15, -0.1) is 0 Å². The molecular weight excluding hydrogens is 361 g/mol. The normalized spacial score (nSPS) is 15.5. The Balaban J connectivity index is 2.04. The first-order chi connectivity index (χ1) is 13.5. The Morgan fingerprint density at radius 1 is 0.964 bits per heavy atom. The van der Waals surface area contributed by atoms with E-state index in [1.54, 1.807) is 0 Å². The number of nitrogens with zero attached hydrogens (tertiary/aromatic N) is 2. The second kappa shape index (κ2) is 7.27. The molecule has 1 aromatic heterocycles. The van der Waals surface area contributed by atoms with Crippen molar-refractivity contribution in [3.63, 3.8) is 0 Å². The van der Waals surface area contributed by atoms with Crippen LogP contribution in [0.3, 0.4) is 0 Å². The van der Waals surface area contributed by atoms with E-state index >= 15 is 0 Å². The molecule has 1 fully saturated rings. The van der Waals surface area contributed by atoms with Crippen LogP contribution in [0.2, 0.25) is 0 Å². The summed E-state index contributed by atoms with van der Waals surface area (Å²) < 4.78 is 40.0. The third-order valence-electron chi connectivity index (χ3n) is 5.51. The molecule has 1 saturated carbocycles. The van der Waals surface area contributed by atoms with Crippen LogP contribution >= 0.6 is 0 Å². The molecule has 1 heterocycles. The van der Waals surface area contributed by atoms with Crippen LogP contribution < -0.4 is 0 Å². The largest absolute Gasteiger partial charge is 0.416 e. The molecule has 3 aromatic rings. The Labute approximate surface area is 161 Å². The molecule has 0 amide bonds. The Bertz CT molecular complexity index is 1040. The minimum atomic E-state index is -4.45. The van der Waals surface area contributed by atoms with E-state index < -0.39 is 11.7 Å². The molecule has 28 heavy (non-hydrogen) atoms. The average Bonchev–Trinajstić information content (AvgIpc) is 2.72. The van der Waals surface area contributed by atoms with Gasteiger partial charge in [0.15, 0.2) is 0 Å². The molecule has 0 saturated heterocycles. The fourth-order valence-electron chi connectivity index (χ4n) is 4.15. The lowest BCUT2D eigenvalue weighted by molar-refractivity contribution is -0.137. The van der Waals surface area contributed by atoms with Gasteiger partial charge in [-0.2, -0.15) is 18.4 Å².